The van der Waals surface area contributed by atoms with E-state index >= 15 is 0 Å². The summed E-state index contributed by atoms with van der Waals surface area (Å²) >= 11 is 1.67. The van der Waals surface area contributed by atoms with Crippen LogP contribution in [0.25, 0.3) is 11.0 Å². The van der Waals surface area contributed by atoms with Crippen molar-refractivity contribution >= 4 is 28.7 Å². The molecule has 0 aliphatic rings. The maximum absolute atomic E-state index is 11.9. The van der Waals surface area contributed by atoms with Crippen molar-refractivity contribution in [1.29, 1.82) is 0 Å². The largest absolute Gasteiger partial charge is 0.392 e. The number of carbonyl (C=O) groups excluding carboxylic acids is 1. The van der Waals surface area contributed by atoms with Gasteiger partial charge in [0.05, 0.1) is 22.9 Å². The second kappa shape index (κ2) is 6.76. The number of para-hydroxylation sites is 2. The predicted molar refractivity (Wildman–Crippen MR) is 81.6 cm³/mol. The zero-order chi connectivity index (χ0) is 14.5. The quantitative estimate of drug-likeness (QED) is 0.845. The van der Waals surface area contributed by atoms with Crippen LogP contribution in [0, 0.1) is 0 Å². The first-order valence-corrected chi connectivity index (χ1v) is 7.89. The molecule has 0 radical (unpaired) electrons. The molecule has 1 unspecified atom stereocenters. The Kier molecular flexibility index (Phi) is 5.03. The fraction of sp³-hybridized carbons (Fsp3) is 0.429. The summed E-state index contributed by atoms with van der Waals surface area (Å²) in [6.45, 7) is 2.14. The normalized spacial score (nSPS) is 12.6. The highest BCUT2D eigenvalue weighted by Gasteiger charge is 2.13. The minimum atomic E-state index is -0.538. The minimum Gasteiger partial charge on any atom is -0.392 e. The molecule has 2 rings (SSSR count). The number of aliphatic hydroxyl groups is 1. The molecule has 0 spiro atoms. The molecule has 2 aromatic rings. The maximum atomic E-state index is 11.9. The lowest BCUT2D eigenvalue weighted by atomic mass is 10.3. The van der Waals surface area contributed by atoms with Crippen molar-refractivity contribution in [2.45, 2.75) is 25.3 Å². The van der Waals surface area contributed by atoms with Gasteiger partial charge in [-0.2, -0.15) is 11.8 Å². The first kappa shape index (κ1) is 14.9. The van der Waals surface area contributed by atoms with E-state index in [2.05, 4.69) is 10.3 Å². The fourth-order valence-electron chi connectivity index (χ4n) is 2.00. The number of carbonyl (C=O) groups is 1. The molecule has 0 aliphatic heterocycles. The van der Waals surface area contributed by atoms with E-state index in [9.17, 15) is 9.90 Å². The molecule has 6 heteroatoms. The number of imidazole rings is 1. The van der Waals surface area contributed by atoms with Crippen LogP contribution in [-0.2, 0) is 17.1 Å². The molecule has 0 aliphatic carbocycles. The van der Waals surface area contributed by atoms with Gasteiger partial charge < -0.3 is 15.0 Å². The summed E-state index contributed by atoms with van der Waals surface area (Å²) in [6.07, 6.45) is 1.47. The predicted octanol–water partition coefficient (Wildman–Crippen LogP) is 1.40. The Morgan fingerprint density at radius 2 is 2.25 bits per heavy atom. The number of aromatic nitrogens is 2. The van der Waals surface area contributed by atoms with E-state index in [4.69, 9.17) is 0 Å². The third-order valence-corrected chi connectivity index (χ3v) is 3.45. The molecule has 1 amide bonds. The monoisotopic (exact) mass is 293 g/mol. The Labute approximate surface area is 122 Å². The summed E-state index contributed by atoms with van der Waals surface area (Å²) in [7, 11) is 0. The summed E-state index contributed by atoms with van der Waals surface area (Å²) in [6, 6.07) is 7.80. The molecule has 0 saturated carbocycles. The molecule has 0 fully saturated rings. The smallest absolute Gasteiger partial charge is 0.240 e. The lowest BCUT2D eigenvalue weighted by molar-refractivity contribution is -0.122. The summed E-state index contributed by atoms with van der Waals surface area (Å²) in [4.78, 5) is 16.5. The number of rotatable bonds is 6. The number of thioether (sulfide) groups is 1. The molecule has 5 nitrogen and oxygen atoms in total. The zero-order valence-electron chi connectivity index (χ0n) is 11.7. The van der Waals surface area contributed by atoms with Gasteiger partial charge in [-0.25, -0.2) is 4.98 Å². The van der Waals surface area contributed by atoms with Crippen LogP contribution in [0.5, 0.6) is 0 Å². The van der Waals surface area contributed by atoms with Gasteiger partial charge in [0.1, 0.15) is 12.4 Å². The topological polar surface area (TPSA) is 67.2 Å². The lowest BCUT2D eigenvalue weighted by Gasteiger charge is -2.10. The van der Waals surface area contributed by atoms with Crippen molar-refractivity contribution in [3.05, 3.63) is 30.1 Å². The van der Waals surface area contributed by atoms with Crippen molar-refractivity contribution < 1.29 is 9.90 Å². The van der Waals surface area contributed by atoms with Gasteiger partial charge in [0.15, 0.2) is 0 Å². The molecular weight excluding hydrogens is 274 g/mol. The summed E-state index contributed by atoms with van der Waals surface area (Å²) < 4.78 is 1.93. The van der Waals surface area contributed by atoms with Gasteiger partial charge in [0, 0.05) is 6.54 Å². The maximum Gasteiger partial charge on any atom is 0.240 e. The number of benzene rings is 1. The SMILES string of the molecule is CSCc1nc2ccccc2n1CC(=O)NCC(C)O. The van der Waals surface area contributed by atoms with Gasteiger partial charge in [-0.3, -0.25) is 4.79 Å². The van der Waals surface area contributed by atoms with Crippen LogP contribution in [0.4, 0.5) is 0 Å². The highest BCUT2D eigenvalue weighted by molar-refractivity contribution is 7.97. The van der Waals surface area contributed by atoms with E-state index in [0.717, 1.165) is 22.6 Å². The molecule has 2 N–H and O–H groups in total. The second-order valence-electron chi connectivity index (χ2n) is 4.69. The number of fused-ring (bicyclic) bond motifs is 1. The molecule has 1 heterocycles. The average molecular weight is 293 g/mol. The average Bonchev–Trinajstić information content (AvgIpc) is 2.75. The number of amides is 1. The standard InChI is InChI=1S/C14H19N3O2S/c1-10(18)7-15-14(19)8-17-12-6-4-3-5-11(12)16-13(17)9-20-2/h3-6,10,18H,7-9H2,1-2H3,(H,15,19). The lowest BCUT2D eigenvalue weighted by Crippen LogP contribution is -2.33. The highest BCUT2D eigenvalue weighted by Crippen LogP contribution is 2.18. The van der Waals surface area contributed by atoms with Crippen LogP contribution in [0.1, 0.15) is 12.7 Å². The van der Waals surface area contributed by atoms with Crippen LogP contribution >= 0.6 is 11.8 Å². The van der Waals surface area contributed by atoms with E-state index in [1.807, 2.05) is 35.1 Å². The number of aliphatic hydroxyl groups excluding tert-OH is 1. The summed E-state index contributed by atoms with van der Waals surface area (Å²) in [5, 5.41) is 11.9. The number of hydrogen-bond acceptors (Lipinski definition) is 4. The molecule has 0 bridgehead atoms. The zero-order valence-corrected chi connectivity index (χ0v) is 12.5. The van der Waals surface area contributed by atoms with Crippen LogP contribution in [-0.4, -0.2) is 39.5 Å². The van der Waals surface area contributed by atoms with E-state index in [1.54, 1.807) is 18.7 Å². The molecular formula is C14H19N3O2S. The first-order valence-electron chi connectivity index (χ1n) is 6.49. The Morgan fingerprint density at radius 1 is 1.50 bits per heavy atom. The number of nitrogens with one attached hydrogen (secondary N) is 1. The van der Waals surface area contributed by atoms with Crippen LogP contribution in [0.2, 0.25) is 0 Å². The van der Waals surface area contributed by atoms with Crippen LogP contribution < -0.4 is 5.32 Å². The summed E-state index contributed by atoms with van der Waals surface area (Å²) in [5.41, 5.74) is 1.86. The number of nitrogens with zero attached hydrogens (tertiary/aromatic N) is 2. The van der Waals surface area contributed by atoms with Crippen molar-refractivity contribution in [3.63, 3.8) is 0 Å². The molecule has 1 aromatic heterocycles. The van der Waals surface area contributed by atoms with E-state index in [-0.39, 0.29) is 19.0 Å². The minimum absolute atomic E-state index is 0.114. The number of hydrogen-bond donors (Lipinski definition) is 2. The van der Waals surface area contributed by atoms with Crippen LogP contribution in [0.3, 0.4) is 0 Å². The van der Waals surface area contributed by atoms with E-state index < -0.39 is 6.10 Å². The molecule has 0 saturated heterocycles. The second-order valence-corrected chi connectivity index (χ2v) is 5.56. The van der Waals surface area contributed by atoms with E-state index in [1.165, 1.54) is 0 Å². The van der Waals surface area contributed by atoms with Gasteiger partial charge in [-0.05, 0) is 25.3 Å². The Bertz CT molecular complexity index is 595. The van der Waals surface area contributed by atoms with E-state index in [0.29, 0.717) is 0 Å². The van der Waals surface area contributed by atoms with Crippen molar-refractivity contribution in [1.82, 2.24) is 14.9 Å². The molecule has 108 valence electrons. The first-order chi connectivity index (χ1) is 9.61. The van der Waals surface area contributed by atoms with Gasteiger partial charge >= 0.3 is 0 Å². The van der Waals surface area contributed by atoms with Crippen molar-refractivity contribution in [2.75, 3.05) is 12.8 Å². The van der Waals surface area contributed by atoms with Gasteiger partial charge in [0.25, 0.3) is 0 Å². The van der Waals surface area contributed by atoms with Gasteiger partial charge in [-0.15, -0.1) is 0 Å². The van der Waals surface area contributed by atoms with Crippen molar-refractivity contribution in [2.24, 2.45) is 0 Å². The molecule has 1 aromatic carbocycles. The Balaban J connectivity index is 2.22. The third kappa shape index (κ3) is 3.52. The molecule has 20 heavy (non-hydrogen) atoms. The van der Waals surface area contributed by atoms with Crippen LogP contribution in [0.15, 0.2) is 24.3 Å². The van der Waals surface area contributed by atoms with Gasteiger partial charge in [-0.1, -0.05) is 12.1 Å². The molecule has 1 atom stereocenters. The van der Waals surface area contributed by atoms with Gasteiger partial charge in [0.2, 0.25) is 5.91 Å². The highest BCUT2D eigenvalue weighted by atomic mass is 32.2. The van der Waals surface area contributed by atoms with Crippen molar-refractivity contribution in [3.8, 4) is 0 Å². The fourth-order valence-corrected chi connectivity index (χ4v) is 2.48. The Morgan fingerprint density at radius 3 is 2.95 bits per heavy atom. The third-order valence-electron chi connectivity index (χ3n) is 2.90. The Hall–Kier alpha value is -1.53. The summed E-state index contributed by atoms with van der Waals surface area (Å²) in [5.74, 6) is 1.54.